The Bertz CT molecular complexity index is 223. The van der Waals surface area contributed by atoms with Crippen molar-refractivity contribution in [3.8, 4) is 0 Å². The van der Waals surface area contributed by atoms with Crippen molar-refractivity contribution in [1.29, 1.82) is 0 Å². The van der Waals surface area contributed by atoms with Crippen LogP contribution in [0.25, 0.3) is 0 Å². The minimum atomic E-state index is -0.787. The third-order valence-corrected chi connectivity index (χ3v) is 0.922. The van der Waals surface area contributed by atoms with Crippen LogP contribution in [0.3, 0.4) is 0 Å². The van der Waals surface area contributed by atoms with Gasteiger partial charge in [-0.05, 0) is 6.92 Å². The van der Waals surface area contributed by atoms with Crippen LogP contribution in [-0.4, -0.2) is 42.9 Å². The molecule has 0 saturated carbocycles. The quantitative estimate of drug-likeness (QED) is 0.285. The molecule has 0 saturated heterocycles. The van der Waals surface area contributed by atoms with Crippen LogP contribution in [0.2, 0.25) is 0 Å². The van der Waals surface area contributed by atoms with Crippen LogP contribution in [0.15, 0.2) is 10.1 Å². The normalized spacial score (nSPS) is 11.8. The Hall–Kier alpha value is -1.66. The maximum Gasteiger partial charge on any atom is 0.296 e. The monoisotopic (exact) mass is 187 g/mol. The van der Waals surface area contributed by atoms with E-state index in [2.05, 4.69) is 15.4 Å². The van der Waals surface area contributed by atoms with Gasteiger partial charge in [-0.15, -0.1) is 0 Å². The second kappa shape index (κ2) is 5.92. The molecule has 74 valence electrons. The summed E-state index contributed by atoms with van der Waals surface area (Å²) >= 11 is 0. The van der Waals surface area contributed by atoms with Crippen molar-refractivity contribution in [3.05, 3.63) is 10.1 Å². The fourth-order valence-corrected chi connectivity index (χ4v) is 0.512. The van der Waals surface area contributed by atoms with Gasteiger partial charge in [0, 0.05) is 20.6 Å². The van der Waals surface area contributed by atoms with E-state index in [1.54, 1.807) is 25.9 Å². The number of aliphatic imine (C=N–C) groups is 1. The molecule has 0 atom stereocenters. The zero-order valence-electron chi connectivity index (χ0n) is 7.89. The third-order valence-electron chi connectivity index (χ3n) is 0.922. The summed E-state index contributed by atoms with van der Waals surface area (Å²) in [5.41, 5.74) is 0. The predicted octanol–water partition coefficient (Wildman–Crippen LogP) is -0.266. The average Bonchev–Trinajstić information content (AvgIpc) is 1.99. The molecule has 7 nitrogen and oxygen atoms in total. The molecule has 0 radical (unpaired) electrons. The van der Waals surface area contributed by atoms with Crippen molar-refractivity contribution in [2.45, 2.75) is 6.92 Å². The summed E-state index contributed by atoms with van der Waals surface area (Å²) in [6, 6.07) is 0. The lowest BCUT2D eigenvalue weighted by Gasteiger charge is -2.02. The summed E-state index contributed by atoms with van der Waals surface area (Å²) < 4.78 is 0. The van der Waals surface area contributed by atoms with E-state index in [0.29, 0.717) is 6.54 Å². The molecule has 0 heterocycles. The Kier molecular flexibility index (Phi) is 5.17. The summed E-state index contributed by atoms with van der Waals surface area (Å²) in [7, 11) is 3.53. The van der Waals surface area contributed by atoms with Crippen LogP contribution in [0, 0.1) is 10.1 Å². The molecule has 0 aromatic carbocycles. The number of hydrazone groups is 1. The fourth-order valence-electron chi connectivity index (χ4n) is 0.512. The number of hydrogen-bond acceptors (Lipinski definition) is 2. The largest absolute Gasteiger partial charge is 0.369 e. The van der Waals surface area contributed by atoms with E-state index in [1.807, 2.05) is 0 Å². The second-order valence-electron chi connectivity index (χ2n) is 2.40. The highest BCUT2D eigenvalue weighted by Gasteiger charge is 1.99. The molecule has 0 spiro atoms. The molecule has 0 unspecified atom stereocenters. The third kappa shape index (κ3) is 6.73. The van der Waals surface area contributed by atoms with Crippen LogP contribution < -0.4 is 5.32 Å². The minimum absolute atomic E-state index is 0.00111. The highest BCUT2D eigenvalue weighted by atomic mass is 16.7. The Morgan fingerprint density at radius 1 is 1.69 bits per heavy atom. The number of hydrogen-bond donors (Lipinski definition) is 1. The van der Waals surface area contributed by atoms with E-state index in [0.717, 1.165) is 0 Å². The standard InChI is InChI=1S/C6H13N5O2/c1-4-7-6(9-11(12)13)8-5-10(2)3/h5H,4H2,1-3H3,(H,7,9)/b8-5+. The van der Waals surface area contributed by atoms with E-state index in [-0.39, 0.29) is 5.96 Å². The lowest BCUT2D eigenvalue weighted by Crippen LogP contribution is -2.23. The van der Waals surface area contributed by atoms with Gasteiger partial charge in [-0.25, -0.2) is 10.1 Å². The molecule has 0 fully saturated rings. The molecule has 1 N–H and O–H groups in total. The lowest BCUT2D eigenvalue weighted by molar-refractivity contribution is -0.485. The first kappa shape index (κ1) is 11.3. The molecule has 0 aliphatic rings. The van der Waals surface area contributed by atoms with Gasteiger partial charge < -0.3 is 10.2 Å². The summed E-state index contributed by atoms with van der Waals surface area (Å²) in [4.78, 5) is 15.4. The van der Waals surface area contributed by atoms with Crippen LogP contribution >= 0.6 is 0 Å². The average molecular weight is 187 g/mol. The Labute approximate surface area is 76.3 Å². The molecule has 13 heavy (non-hydrogen) atoms. The summed E-state index contributed by atoms with van der Waals surface area (Å²) in [6.45, 7) is 2.35. The SMILES string of the molecule is CCNC(/N=C/N(C)C)=N\[N+](=O)[O-]. The van der Waals surface area contributed by atoms with E-state index in [4.69, 9.17) is 0 Å². The van der Waals surface area contributed by atoms with Gasteiger partial charge in [0.15, 0.2) is 5.03 Å². The van der Waals surface area contributed by atoms with Crippen LogP contribution in [0.5, 0.6) is 0 Å². The Morgan fingerprint density at radius 3 is 2.69 bits per heavy atom. The van der Waals surface area contributed by atoms with Gasteiger partial charge in [0.1, 0.15) is 5.10 Å². The fraction of sp³-hybridized carbons (Fsp3) is 0.667. The summed E-state index contributed by atoms with van der Waals surface area (Å²) in [6.07, 6.45) is 1.44. The highest BCUT2D eigenvalue weighted by Crippen LogP contribution is 1.79. The van der Waals surface area contributed by atoms with E-state index in [9.17, 15) is 10.1 Å². The highest BCUT2D eigenvalue weighted by molar-refractivity contribution is 5.86. The zero-order valence-corrected chi connectivity index (χ0v) is 7.89. The van der Waals surface area contributed by atoms with Gasteiger partial charge in [0.05, 0.1) is 6.34 Å². The van der Waals surface area contributed by atoms with Crippen molar-refractivity contribution in [3.63, 3.8) is 0 Å². The number of nitrogens with zero attached hydrogens (tertiary/aromatic N) is 4. The lowest BCUT2D eigenvalue weighted by atomic mass is 10.7. The molecule has 7 heteroatoms. The van der Waals surface area contributed by atoms with Crippen molar-refractivity contribution in [2.24, 2.45) is 10.1 Å². The predicted molar refractivity (Wildman–Crippen MR) is 50.3 cm³/mol. The van der Waals surface area contributed by atoms with Crippen molar-refractivity contribution in [1.82, 2.24) is 10.2 Å². The van der Waals surface area contributed by atoms with Crippen LogP contribution in [0.1, 0.15) is 6.92 Å². The van der Waals surface area contributed by atoms with E-state index >= 15 is 0 Å². The number of nitrogens with one attached hydrogen (secondary N) is 1. The van der Waals surface area contributed by atoms with Crippen LogP contribution in [-0.2, 0) is 0 Å². The zero-order chi connectivity index (χ0) is 10.3. The van der Waals surface area contributed by atoms with Gasteiger partial charge >= 0.3 is 0 Å². The van der Waals surface area contributed by atoms with Gasteiger partial charge in [0.25, 0.3) is 5.96 Å². The van der Waals surface area contributed by atoms with E-state index < -0.39 is 5.03 Å². The molecule has 0 aromatic heterocycles. The minimum Gasteiger partial charge on any atom is -0.369 e. The number of rotatable bonds is 3. The van der Waals surface area contributed by atoms with Gasteiger partial charge in [-0.3, -0.25) is 0 Å². The summed E-state index contributed by atoms with van der Waals surface area (Å²) in [5.74, 6) is 0.00111. The molecule has 0 aliphatic heterocycles. The van der Waals surface area contributed by atoms with E-state index in [1.165, 1.54) is 6.34 Å². The molecular formula is C6H13N5O2. The molecule has 0 bridgehead atoms. The van der Waals surface area contributed by atoms with Gasteiger partial charge in [-0.1, -0.05) is 0 Å². The van der Waals surface area contributed by atoms with Gasteiger partial charge in [-0.2, -0.15) is 4.99 Å². The van der Waals surface area contributed by atoms with Crippen molar-refractivity contribution >= 4 is 12.3 Å². The maximum absolute atomic E-state index is 10.0. The van der Waals surface area contributed by atoms with Crippen molar-refractivity contribution in [2.75, 3.05) is 20.6 Å². The smallest absolute Gasteiger partial charge is 0.296 e. The first-order chi connectivity index (χ1) is 6.06. The molecule has 0 aromatic rings. The number of nitro groups is 1. The first-order valence-corrected chi connectivity index (χ1v) is 3.73. The maximum atomic E-state index is 10.0. The topological polar surface area (TPSA) is 83.1 Å². The Balaban J connectivity index is 4.34. The molecule has 0 amide bonds. The Morgan fingerprint density at radius 2 is 2.31 bits per heavy atom. The molecule has 0 rings (SSSR count). The molecule has 0 aliphatic carbocycles. The summed E-state index contributed by atoms with van der Waals surface area (Å²) in [5, 5.41) is 14.9. The molecular weight excluding hydrogens is 174 g/mol. The second-order valence-corrected chi connectivity index (χ2v) is 2.40. The number of guanidine groups is 1. The van der Waals surface area contributed by atoms with Crippen molar-refractivity contribution < 1.29 is 5.03 Å². The van der Waals surface area contributed by atoms with Crippen LogP contribution in [0.4, 0.5) is 0 Å². The first-order valence-electron chi connectivity index (χ1n) is 3.73. The van der Waals surface area contributed by atoms with Gasteiger partial charge in [0.2, 0.25) is 0 Å².